The van der Waals surface area contributed by atoms with Crippen LogP contribution in [0.4, 0.5) is 5.69 Å². The molecule has 4 rings (SSSR count). The zero-order valence-electron chi connectivity index (χ0n) is 13.1. The molecular formula is C19H21NO2. The first kappa shape index (κ1) is 13.5. The van der Waals surface area contributed by atoms with Gasteiger partial charge in [-0.05, 0) is 54.2 Å². The molecule has 0 radical (unpaired) electrons. The normalized spacial score (nSPS) is 19.0. The van der Waals surface area contributed by atoms with Crippen molar-refractivity contribution in [2.45, 2.75) is 25.3 Å². The summed E-state index contributed by atoms with van der Waals surface area (Å²) >= 11 is 0. The second-order valence-corrected chi connectivity index (χ2v) is 6.03. The molecule has 114 valence electrons. The van der Waals surface area contributed by atoms with Crippen molar-refractivity contribution in [2.75, 3.05) is 25.7 Å². The highest BCUT2D eigenvalue weighted by molar-refractivity contribution is 5.61. The molecule has 0 bridgehead atoms. The van der Waals surface area contributed by atoms with Crippen LogP contribution in [0, 0.1) is 0 Å². The van der Waals surface area contributed by atoms with Crippen LogP contribution >= 0.6 is 0 Å². The van der Waals surface area contributed by atoms with Crippen LogP contribution in [0.5, 0.6) is 11.5 Å². The Morgan fingerprint density at radius 1 is 0.955 bits per heavy atom. The van der Waals surface area contributed by atoms with E-state index in [1.165, 1.54) is 28.8 Å². The lowest BCUT2D eigenvalue weighted by molar-refractivity contribution is 0.352. The summed E-state index contributed by atoms with van der Waals surface area (Å²) in [6, 6.07) is 13.6. The Morgan fingerprint density at radius 2 is 1.73 bits per heavy atom. The third-order valence-corrected chi connectivity index (χ3v) is 4.99. The molecule has 2 heterocycles. The first-order valence-corrected chi connectivity index (χ1v) is 7.91. The molecule has 0 amide bonds. The van der Waals surface area contributed by atoms with E-state index in [0.717, 1.165) is 30.9 Å². The Kier molecular flexibility index (Phi) is 3.21. The molecule has 0 saturated heterocycles. The molecule has 3 nitrogen and oxygen atoms in total. The number of benzene rings is 2. The Balaban J connectivity index is 1.79. The van der Waals surface area contributed by atoms with Crippen LogP contribution in [0.15, 0.2) is 36.4 Å². The molecule has 1 unspecified atom stereocenters. The van der Waals surface area contributed by atoms with E-state index >= 15 is 0 Å². The van der Waals surface area contributed by atoms with Crippen LogP contribution < -0.4 is 14.4 Å². The summed E-state index contributed by atoms with van der Waals surface area (Å²) in [4.78, 5) is 2.56. The van der Waals surface area contributed by atoms with Gasteiger partial charge >= 0.3 is 0 Å². The highest BCUT2D eigenvalue weighted by Gasteiger charge is 2.32. The summed E-state index contributed by atoms with van der Waals surface area (Å²) < 4.78 is 11.0. The second-order valence-electron chi connectivity index (χ2n) is 6.03. The molecule has 0 fully saturated rings. The van der Waals surface area contributed by atoms with E-state index in [9.17, 15) is 0 Å². The molecule has 2 aromatic rings. The molecule has 2 aliphatic heterocycles. The molecule has 2 aromatic carbocycles. The van der Waals surface area contributed by atoms with Crippen LogP contribution in [-0.2, 0) is 12.8 Å². The first-order valence-electron chi connectivity index (χ1n) is 7.91. The maximum Gasteiger partial charge on any atom is 0.161 e. The number of nitrogens with zero attached hydrogens (tertiary/aromatic N) is 1. The van der Waals surface area contributed by atoms with E-state index in [0.29, 0.717) is 6.04 Å². The molecule has 3 heteroatoms. The maximum absolute atomic E-state index is 5.51. The lowest BCUT2D eigenvalue weighted by Gasteiger charge is -2.43. The Morgan fingerprint density at radius 3 is 2.55 bits per heavy atom. The SMILES string of the molecule is COc1cc2c(cc1OC)C1CCc3ccccc3N1CC2. The monoisotopic (exact) mass is 295 g/mol. The van der Waals surface area contributed by atoms with Gasteiger partial charge in [0, 0.05) is 12.2 Å². The van der Waals surface area contributed by atoms with Gasteiger partial charge in [0.2, 0.25) is 0 Å². The van der Waals surface area contributed by atoms with Gasteiger partial charge in [-0.25, -0.2) is 0 Å². The molecule has 0 aromatic heterocycles. The number of fused-ring (bicyclic) bond motifs is 5. The van der Waals surface area contributed by atoms with E-state index < -0.39 is 0 Å². The van der Waals surface area contributed by atoms with Gasteiger partial charge in [-0.1, -0.05) is 18.2 Å². The zero-order chi connectivity index (χ0) is 15.1. The number of para-hydroxylation sites is 1. The first-order chi connectivity index (χ1) is 10.8. The van der Waals surface area contributed by atoms with Crippen molar-refractivity contribution in [2.24, 2.45) is 0 Å². The number of ether oxygens (including phenoxy) is 2. The fraction of sp³-hybridized carbons (Fsp3) is 0.368. The maximum atomic E-state index is 5.51. The van der Waals surface area contributed by atoms with Crippen molar-refractivity contribution >= 4 is 5.69 Å². The second kappa shape index (κ2) is 5.24. The number of anilines is 1. The van der Waals surface area contributed by atoms with Crippen molar-refractivity contribution in [1.82, 2.24) is 0 Å². The smallest absolute Gasteiger partial charge is 0.161 e. The van der Waals surface area contributed by atoms with Gasteiger partial charge in [-0.3, -0.25) is 0 Å². The quantitative estimate of drug-likeness (QED) is 0.842. The molecule has 0 N–H and O–H groups in total. The Hall–Kier alpha value is -2.16. The summed E-state index contributed by atoms with van der Waals surface area (Å²) in [5.41, 5.74) is 5.68. The van der Waals surface area contributed by atoms with Gasteiger partial charge in [-0.2, -0.15) is 0 Å². The van der Waals surface area contributed by atoms with E-state index in [2.05, 4.69) is 41.3 Å². The van der Waals surface area contributed by atoms with E-state index in [-0.39, 0.29) is 0 Å². The summed E-state index contributed by atoms with van der Waals surface area (Å²) in [6.45, 7) is 1.07. The van der Waals surface area contributed by atoms with Gasteiger partial charge in [0.1, 0.15) is 0 Å². The lowest BCUT2D eigenvalue weighted by Crippen LogP contribution is -2.38. The summed E-state index contributed by atoms with van der Waals surface area (Å²) in [7, 11) is 3.41. The molecular weight excluding hydrogens is 274 g/mol. The third-order valence-electron chi connectivity index (χ3n) is 4.99. The number of rotatable bonds is 2. The van der Waals surface area contributed by atoms with Gasteiger partial charge in [-0.15, -0.1) is 0 Å². The van der Waals surface area contributed by atoms with Gasteiger partial charge in [0.15, 0.2) is 11.5 Å². The van der Waals surface area contributed by atoms with Crippen molar-refractivity contribution < 1.29 is 9.47 Å². The van der Waals surface area contributed by atoms with Gasteiger partial charge < -0.3 is 14.4 Å². The molecule has 0 spiro atoms. The molecule has 0 saturated carbocycles. The van der Waals surface area contributed by atoms with E-state index in [1.807, 2.05) is 0 Å². The molecule has 22 heavy (non-hydrogen) atoms. The van der Waals surface area contributed by atoms with Crippen LogP contribution in [-0.4, -0.2) is 20.8 Å². The topological polar surface area (TPSA) is 21.7 Å². The number of hydrogen-bond donors (Lipinski definition) is 0. The Bertz CT molecular complexity index is 711. The van der Waals surface area contributed by atoms with Crippen molar-refractivity contribution in [3.63, 3.8) is 0 Å². The molecule has 2 aliphatic rings. The molecule has 1 atom stereocenters. The highest BCUT2D eigenvalue weighted by Crippen LogP contribution is 2.45. The van der Waals surface area contributed by atoms with Crippen LogP contribution in [0.25, 0.3) is 0 Å². The average Bonchev–Trinajstić information content (AvgIpc) is 2.59. The fourth-order valence-corrected chi connectivity index (χ4v) is 3.92. The summed E-state index contributed by atoms with van der Waals surface area (Å²) in [6.07, 6.45) is 3.37. The standard InChI is InChI=1S/C19H21NO2/c1-21-18-11-14-9-10-20-16-6-4-3-5-13(16)7-8-17(20)15(14)12-19(18)22-2/h3-6,11-12,17H,7-10H2,1-2H3. The van der Waals surface area contributed by atoms with Gasteiger partial charge in [0.25, 0.3) is 0 Å². The van der Waals surface area contributed by atoms with Crippen LogP contribution in [0.3, 0.4) is 0 Å². The summed E-state index contributed by atoms with van der Waals surface area (Å²) in [5.74, 6) is 1.67. The minimum atomic E-state index is 0.457. The fourth-order valence-electron chi connectivity index (χ4n) is 3.92. The predicted molar refractivity (Wildman–Crippen MR) is 88.1 cm³/mol. The largest absolute Gasteiger partial charge is 0.493 e. The lowest BCUT2D eigenvalue weighted by atomic mass is 9.84. The minimum Gasteiger partial charge on any atom is -0.493 e. The van der Waals surface area contributed by atoms with Crippen molar-refractivity contribution in [1.29, 1.82) is 0 Å². The summed E-state index contributed by atoms with van der Waals surface area (Å²) in [5, 5.41) is 0. The van der Waals surface area contributed by atoms with Crippen molar-refractivity contribution in [3.8, 4) is 11.5 Å². The van der Waals surface area contributed by atoms with E-state index in [4.69, 9.17) is 9.47 Å². The van der Waals surface area contributed by atoms with Crippen LogP contribution in [0.2, 0.25) is 0 Å². The van der Waals surface area contributed by atoms with E-state index in [1.54, 1.807) is 14.2 Å². The molecule has 0 aliphatic carbocycles. The highest BCUT2D eigenvalue weighted by atomic mass is 16.5. The predicted octanol–water partition coefficient (Wildman–Crippen LogP) is 3.75. The zero-order valence-corrected chi connectivity index (χ0v) is 13.1. The van der Waals surface area contributed by atoms with Gasteiger partial charge in [0.05, 0.1) is 20.3 Å². The minimum absolute atomic E-state index is 0.457. The Labute approximate surface area is 131 Å². The number of aryl methyl sites for hydroxylation is 1. The van der Waals surface area contributed by atoms with Crippen LogP contribution in [0.1, 0.15) is 29.2 Å². The van der Waals surface area contributed by atoms with Crippen molar-refractivity contribution in [3.05, 3.63) is 53.1 Å². The number of hydrogen-bond acceptors (Lipinski definition) is 3. The third kappa shape index (κ3) is 1.96. The number of methoxy groups -OCH3 is 2. The average molecular weight is 295 g/mol.